The van der Waals surface area contributed by atoms with E-state index in [1.165, 1.54) is 17.2 Å². The average molecular weight is 239 g/mol. The third kappa shape index (κ3) is 5.19. The third-order valence-electron chi connectivity index (χ3n) is 1.53. The Morgan fingerprint density at radius 1 is 1.53 bits per heavy atom. The second-order valence-corrected chi connectivity index (χ2v) is 3.31. The van der Waals surface area contributed by atoms with Crippen molar-refractivity contribution in [3.05, 3.63) is 17.8 Å². The van der Waals surface area contributed by atoms with Crippen LogP contribution in [0.4, 0.5) is 5.82 Å². The summed E-state index contributed by atoms with van der Waals surface area (Å²) in [7, 11) is 0. The maximum atomic E-state index is 11.4. The highest BCUT2D eigenvalue weighted by atomic mass is 16.5. The molecule has 0 spiro atoms. The minimum absolute atomic E-state index is 0.297. The van der Waals surface area contributed by atoms with Gasteiger partial charge in [-0.1, -0.05) is 26.3 Å². The number of nitrogens with two attached hydrogens (primary N) is 1. The number of nitrogen functional groups attached to an aromatic ring is 1. The molecule has 0 radical (unpaired) electrons. The van der Waals surface area contributed by atoms with Crippen LogP contribution in [-0.2, 0) is 4.74 Å². The van der Waals surface area contributed by atoms with E-state index in [1.807, 2.05) is 6.92 Å². The molecule has 1 aromatic rings. The maximum Gasteiger partial charge on any atom is 0.357 e. The molecule has 1 aromatic heterocycles. The summed E-state index contributed by atoms with van der Waals surface area (Å²) in [4.78, 5) is 11.4. The number of nitrogens with zero attached hydrogens (tertiary/aromatic N) is 2. The smallest absolute Gasteiger partial charge is 0.357 e. The van der Waals surface area contributed by atoms with E-state index in [9.17, 15) is 4.79 Å². The Morgan fingerprint density at radius 2 is 2.12 bits per heavy atom. The van der Waals surface area contributed by atoms with Gasteiger partial charge in [-0.05, 0) is 13.8 Å². The molecule has 0 aliphatic heterocycles. The first kappa shape index (κ1) is 15.2. The second-order valence-electron chi connectivity index (χ2n) is 3.31. The minimum atomic E-state index is -0.421. The van der Waals surface area contributed by atoms with Gasteiger partial charge in [0.25, 0.3) is 0 Å². The van der Waals surface area contributed by atoms with Crippen LogP contribution in [0.1, 0.15) is 44.6 Å². The first-order valence-corrected chi connectivity index (χ1v) is 5.75. The number of allylic oxidation sites excluding steroid dienone is 1. The SMILES string of the molecule is C/C=C/n1nc(N)cc1C(=O)OCC.CCC. The minimum Gasteiger partial charge on any atom is -0.461 e. The first-order valence-electron chi connectivity index (χ1n) is 5.75. The van der Waals surface area contributed by atoms with Crippen LogP contribution in [0, 0.1) is 0 Å². The van der Waals surface area contributed by atoms with Gasteiger partial charge in [-0.3, -0.25) is 0 Å². The fourth-order valence-electron chi connectivity index (χ4n) is 1.03. The topological polar surface area (TPSA) is 70.1 Å². The largest absolute Gasteiger partial charge is 0.461 e. The fraction of sp³-hybridized carbons (Fsp3) is 0.500. The Labute approximate surface area is 102 Å². The molecule has 5 heteroatoms. The predicted molar refractivity (Wildman–Crippen MR) is 69.6 cm³/mol. The molecular weight excluding hydrogens is 218 g/mol. The summed E-state index contributed by atoms with van der Waals surface area (Å²) >= 11 is 0. The lowest BCUT2D eigenvalue weighted by Gasteiger charge is -2.00. The average Bonchev–Trinajstić information content (AvgIpc) is 2.62. The lowest BCUT2D eigenvalue weighted by atomic mass is 10.4. The summed E-state index contributed by atoms with van der Waals surface area (Å²) in [6, 6.07) is 1.48. The molecule has 0 unspecified atom stereocenters. The summed E-state index contributed by atoms with van der Waals surface area (Å²) in [6.07, 6.45) is 4.65. The van der Waals surface area contributed by atoms with E-state index in [1.54, 1.807) is 19.2 Å². The number of carbonyl (C=O) groups is 1. The van der Waals surface area contributed by atoms with Crippen LogP contribution in [0.25, 0.3) is 6.20 Å². The summed E-state index contributed by atoms with van der Waals surface area (Å²) in [5, 5.41) is 3.91. The number of anilines is 1. The van der Waals surface area contributed by atoms with Crippen molar-refractivity contribution in [2.24, 2.45) is 0 Å². The summed E-state index contributed by atoms with van der Waals surface area (Å²) in [5.41, 5.74) is 5.81. The van der Waals surface area contributed by atoms with E-state index >= 15 is 0 Å². The van der Waals surface area contributed by atoms with E-state index < -0.39 is 5.97 Å². The lowest BCUT2D eigenvalue weighted by Crippen LogP contribution is -2.09. The molecule has 96 valence electrons. The standard InChI is InChI=1S/C9H13N3O2.C3H8/c1-3-5-12-7(6-8(10)11-12)9(13)14-4-2;1-3-2/h3,5-6H,4H2,1-2H3,(H2,10,11);3H2,1-2H3/b5-3+;. The van der Waals surface area contributed by atoms with Crippen LogP contribution in [0.2, 0.25) is 0 Å². The Kier molecular flexibility index (Phi) is 7.50. The van der Waals surface area contributed by atoms with Crippen molar-refractivity contribution < 1.29 is 9.53 Å². The molecule has 0 amide bonds. The maximum absolute atomic E-state index is 11.4. The van der Waals surface area contributed by atoms with E-state index in [0.29, 0.717) is 18.1 Å². The highest BCUT2D eigenvalue weighted by molar-refractivity contribution is 5.89. The van der Waals surface area contributed by atoms with Gasteiger partial charge in [-0.2, -0.15) is 5.10 Å². The van der Waals surface area contributed by atoms with Crippen LogP contribution in [0.15, 0.2) is 12.1 Å². The molecule has 0 atom stereocenters. The Morgan fingerprint density at radius 3 is 2.59 bits per heavy atom. The van der Waals surface area contributed by atoms with Crippen molar-refractivity contribution >= 4 is 18.0 Å². The van der Waals surface area contributed by atoms with Crippen molar-refractivity contribution in [2.75, 3.05) is 12.3 Å². The van der Waals surface area contributed by atoms with Gasteiger partial charge in [-0.15, -0.1) is 0 Å². The van der Waals surface area contributed by atoms with Crippen LogP contribution in [-0.4, -0.2) is 22.4 Å². The molecule has 0 saturated carbocycles. The fourth-order valence-corrected chi connectivity index (χ4v) is 1.03. The molecule has 0 bridgehead atoms. The number of aromatic nitrogens is 2. The highest BCUT2D eigenvalue weighted by Crippen LogP contribution is 2.08. The van der Waals surface area contributed by atoms with Gasteiger partial charge < -0.3 is 10.5 Å². The first-order chi connectivity index (χ1) is 8.10. The number of ether oxygens (including phenoxy) is 1. The molecule has 0 saturated heterocycles. The number of carbonyl (C=O) groups excluding carboxylic acids is 1. The van der Waals surface area contributed by atoms with Crippen LogP contribution < -0.4 is 5.73 Å². The van der Waals surface area contributed by atoms with Crippen molar-refractivity contribution in [1.82, 2.24) is 9.78 Å². The van der Waals surface area contributed by atoms with Crippen molar-refractivity contribution in [2.45, 2.75) is 34.1 Å². The number of hydrogen-bond acceptors (Lipinski definition) is 4. The van der Waals surface area contributed by atoms with Crippen molar-refractivity contribution in [3.63, 3.8) is 0 Å². The molecule has 0 aliphatic carbocycles. The molecule has 5 nitrogen and oxygen atoms in total. The van der Waals surface area contributed by atoms with Crippen molar-refractivity contribution in [1.29, 1.82) is 0 Å². The van der Waals surface area contributed by atoms with Crippen molar-refractivity contribution in [3.8, 4) is 0 Å². The highest BCUT2D eigenvalue weighted by Gasteiger charge is 2.13. The molecule has 1 rings (SSSR count). The Bertz CT molecular complexity index is 370. The third-order valence-corrected chi connectivity index (χ3v) is 1.53. The zero-order valence-electron chi connectivity index (χ0n) is 10.9. The zero-order valence-corrected chi connectivity index (χ0v) is 10.9. The van der Waals surface area contributed by atoms with Gasteiger partial charge in [0.1, 0.15) is 5.82 Å². The molecule has 0 aromatic carbocycles. The van der Waals surface area contributed by atoms with E-state index in [-0.39, 0.29) is 0 Å². The van der Waals surface area contributed by atoms with Crippen LogP contribution >= 0.6 is 0 Å². The lowest BCUT2D eigenvalue weighted by molar-refractivity contribution is 0.0516. The summed E-state index contributed by atoms with van der Waals surface area (Å²) in [6.45, 7) is 8.16. The zero-order chi connectivity index (χ0) is 13.3. The molecule has 0 aliphatic rings. The summed E-state index contributed by atoms with van der Waals surface area (Å²) in [5.74, 6) is -0.124. The van der Waals surface area contributed by atoms with Gasteiger partial charge in [0.15, 0.2) is 5.69 Å². The molecule has 0 fully saturated rings. The van der Waals surface area contributed by atoms with Gasteiger partial charge in [0.05, 0.1) is 6.61 Å². The number of esters is 1. The van der Waals surface area contributed by atoms with E-state index in [2.05, 4.69) is 18.9 Å². The Balaban J connectivity index is 0.000000770. The normalized spacial score (nSPS) is 9.88. The predicted octanol–water partition coefficient (Wildman–Crippen LogP) is 2.55. The quantitative estimate of drug-likeness (QED) is 0.823. The van der Waals surface area contributed by atoms with Gasteiger partial charge in [0, 0.05) is 12.3 Å². The second kappa shape index (κ2) is 8.38. The van der Waals surface area contributed by atoms with E-state index in [0.717, 1.165) is 0 Å². The molecule has 17 heavy (non-hydrogen) atoms. The van der Waals surface area contributed by atoms with E-state index in [4.69, 9.17) is 10.5 Å². The molecule has 1 heterocycles. The molecule has 2 N–H and O–H groups in total. The van der Waals surface area contributed by atoms with Gasteiger partial charge in [-0.25, -0.2) is 9.48 Å². The number of rotatable bonds is 3. The number of hydrogen-bond donors (Lipinski definition) is 1. The Hall–Kier alpha value is -1.78. The van der Waals surface area contributed by atoms with Gasteiger partial charge in [0.2, 0.25) is 0 Å². The van der Waals surface area contributed by atoms with Gasteiger partial charge >= 0.3 is 5.97 Å². The molecular formula is C12H21N3O2. The summed E-state index contributed by atoms with van der Waals surface area (Å²) < 4.78 is 6.24. The van der Waals surface area contributed by atoms with Crippen LogP contribution in [0.3, 0.4) is 0 Å². The monoisotopic (exact) mass is 239 g/mol. The van der Waals surface area contributed by atoms with Crippen LogP contribution in [0.5, 0.6) is 0 Å².